The zero-order valence-electron chi connectivity index (χ0n) is 17.2. The summed E-state index contributed by atoms with van der Waals surface area (Å²) >= 11 is 0. The summed E-state index contributed by atoms with van der Waals surface area (Å²) in [6.07, 6.45) is 8.49. The van der Waals surface area contributed by atoms with Crippen molar-refractivity contribution in [1.29, 1.82) is 0 Å². The number of carbonyl (C=O) groups excluding carboxylic acids is 2. The van der Waals surface area contributed by atoms with Crippen molar-refractivity contribution in [2.45, 2.75) is 64.3 Å². The van der Waals surface area contributed by atoms with Crippen LogP contribution in [-0.2, 0) is 9.59 Å². The molecule has 154 valence electrons. The molecule has 2 amide bonds. The van der Waals surface area contributed by atoms with Crippen molar-refractivity contribution in [2.24, 2.45) is 0 Å². The molecule has 27 heavy (non-hydrogen) atoms. The lowest BCUT2D eigenvalue weighted by molar-refractivity contribution is -0.133. The molecule has 0 bridgehead atoms. The Labute approximate surface area is 164 Å². The molecule has 6 heteroatoms. The number of piperazine rings is 1. The predicted octanol–water partition coefficient (Wildman–Crippen LogP) is 1.80. The molecule has 0 aliphatic carbocycles. The van der Waals surface area contributed by atoms with Gasteiger partial charge in [-0.05, 0) is 45.4 Å². The zero-order valence-corrected chi connectivity index (χ0v) is 17.2. The van der Waals surface area contributed by atoms with Crippen LogP contribution in [0.15, 0.2) is 0 Å². The summed E-state index contributed by atoms with van der Waals surface area (Å²) in [5.74, 6) is 0.661. The molecule has 1 unspecified atom stereocenters. The fourth-order valence-corrected chi connectivity index (χ4v) is 4.70. The van der Waals surface area contributed by atoms with Crippen molar-refractivity contribution < 1.29 is 9.59 Å². The summed E-state index contributed by atoms with van der Waals surface area (Å²) in [5, 5.41) is 0. The summed E-state index contributed by atoms with van der Waals surface area (Å²) < 4.78 is 0. The summed E-state index contributed by atoms with van der Waals surface area (Å²) in [6.45, 7) is 10.8. The van der Waals surface area contributed by atoms with E-state index in [1.807, 2.05) is 0 Å². The molecule has 3 rings (SSSR count). The number of piperidine rings is 2. The smallest absolute Gasteiger partial charge is 0.223 e. The van der Waals surface area contributed by atoms with Crippen LogP contribution >= 0.6 is 0 Å². The summed E-state index contributed by atoms with van der Waals surface area (Å²) in [5.41, 5.74) is 0. The Bertz CT molecular complexity index is 487. The number of hydrogen-bond donors (Lipinski definition) is 0. The normalized spacial score (nSPS) is 25.6. The molecular weight excluding hydrogens is 340 g/mol. The van der Waals surface area contributed by atoms with E-state index >= 15 is 0 Å². The minimum absolute atomic E-state index is 0.330. The summed E-state index contributed by atoms with van der Waals surface area (Å²) in [6, 6.07) is 0.456. The van der Waals surface area contributed by atoms with Gasteiger partial charge in [-0.25, -0.2) is 0 Å². The highest BCUT2D eigenvalue weighted by molar-refractivity contribution is 5.76. The van der Waals surface area contributed by atoms with Gasteiger partial charge in [-0.2, -0.15) is 0 Å². The first-order chi connectivity index (χ1) is 13.1. The Morgan fingerprint density at radius 3 is 1.74 bits per heavy atom. The first-order valence-electron chi connectivity index (χ1n) is 11.2. The van der Waals surface area contributed by atoms with Crippen molar-refractivity contribution in [3.05, 3.63) is 0 Å². The van der Waals surface area contributed by atoms with Crippen LogP contribution in [0.2, 0.25) is 0 Å². The molecule has 0 aromatic rings. The predicted molar refractivity (Wildman–Crippen MR) is 108 cm³/mol. The lowest BCUT2D eigenvalue weighted by Crippen LogP contribution is -2.53. The Hall–Kier alpha value is -1.14. The summed E-state index contributed by atoms with van der Waals surface area (Å²) in [4.78, 5) is 33.7. The van der Waals surface area contributed by atoms with E-state index in [0.717, 1.165) is 84.6 Å². The van der Waals surface area contributed by atoms with Gasteiger partial charge in [0.1, 0.15) is 0 Å². The molecule has 3 heterocycles. The van der Waals surface area contributed by atoms with Gasteiger partial charge >= 0.3 is 0 Å². The van der Waals surface area contributed by atoms with E-state index in [2.05, 4.69) is 26.5 Å². The number of rotatable bonds is 6. The SMILES string of the molecule is CC1CN(CCC(=O)N2CCCCC2)CCN1CCC(=O)N1CCCCC1. The van der Waals surface area contributed by atoms with Gasteiger partial charge in [0.05, 0.1) is 0 Å². The first-order valence-corrected chi connectivity index (χ1v) is 11.2. The fourth-order valence-electron chi connectivity index (χ4n) is 4.70. The molecule has 0 aromatic carbocycles. The Kier molecular flexibility index (Phi) is 7.94. The van der Waals surface area contributed by atoms with E-state index in [4.69, 9.17) is 0 Å². The standard InChI is InChI=1S/C21H38N4O2/c1-19-18-22(14-8-20(26)24-10-4-2-5-11-24)16-17-23(19)15-9-21(27)25-12-6-3-7-13-25/h19H,2-18H2,1H3. The van der Waals surface area contributed by atoms with Crippen LogP contribution < -0.4 is 0 Å². The molecule has 0 aromatic heterocycles. The molecule has 0 saturated carbocycles. The highest BCUT2D eigenvalue weighted by Gasteiger charge is 2.26. The second kappa shape index (κ2) is 10.4. The Morgan fingerprint density at radius 1 is 0.704 bits per heavy atom. The van der Waals surface area contributed by atoms with Gasteiger partial charge in [0, 0.05) is 77.8 Å². The Balaban J connectivity index is 1.33. The van der Waals surface area contributed by atoms with E-state index in [1.165, 1.54) is 12.8 Å². The largest absolute Gasteiger partial charge is 0.343 e. The summed E-state index contributed by atoms with van der Waals surface area (Å²) in [7, 11) is 0. The number of carbonyl (C=O) groups is 2. The van der Waals surface area contributed by atoms with E-state index in [-0.39, 0.29) is 0 Å². The fraction of sp³-hybridized carbons (Fsp3) is 0.905. The van der Waals surface area contributed by atoms with Crippen LogP contribution in [0.4, 0.5) is 0 Å². The van der Waals surface area contributed by atoms with Crippen molar-refractivity contribution in [2.75, 3.05) is 58.9 Å². The molecule has 0 radical (unpaired) electrons. The molecule has 0 N–H and O–H groups in total. The monoisotopic (exact) mass is 378 g/mol. The lowest BCUT2D eigenvalue weighted by atomic mass is 10.1. The third kappa shape index (κ3) is 6.18. The maximum Gasteiger partial charge on any atom is 0.223 e. The van der Waals surface area contributed by atoms with Gasteiger partial charge in [0.25, 0.3) is 0 Å². The molecule has 3 aliphatic heterocycles. The van der Waals surface area contributed by atoms with Crippen molar-refractivity contribution in [1.82, 2.24) is 19.6 Å². The molecule has 3 fully saturated rings. The second-order valence-corrected chi connectivity index (χ2v) is 8.57. The van der Waals surface area contributed by atoms with Gasteiger partial charge in [0.2, 0.25) is 11.8 Å². The molecule has 3 saturated heterocycles. The molecule has 6 nitrogen and oxygen atoms in total. The van der Waals surface area contributed by atoms with Crippen LogP contribution in [0.5, 0.6) is 0 Å². The molecule has 1 atom stereocenters. The van der Waals surface area contributed by atoms with Gasteiger partial charge in [0.15, 0.2) is 0 Å². The van der Waals surface area contributed by atoms with Crippen LogP contribution in [0.3, 0.4) is 0 Å². The number of nitrogens with zero attached hydrogens (tertiary/aromatic N) is 4. The van der Waals surface area contributed by atoms with Gasteiger partial charge < -0.3 is 14.7 Å². The minimum atomic E-state index is 0.330. The van der Waals surface area contributed by atoms with E-state index in [9.17, 15) is 9.59 Å². The van der Waals surface area contributed by atoms with E-state index < -0.39 is 0 Å². The van der Waals surface area contributed by atoms with E-state index in [1.54, 1.807) is 0 Å². The van der Waals surface area contributed by atoms with Crippen molar-refractivity contribution >= 4 is 11.8 Å². The maximum atomic E-state index is 12.4. The quantitative estimate of drug-likeness (QED) is 0.707. The second-order valence-electron chi connectivity index (χ2n) is 8.57. The maximum absolute atomic E-state index is 12.4. The Morgan fingerprint density at radius 2 is 1.22 bits per heavy atom. The minimum Gasteiger partial charge on any atom is -0.343 e. The third-order valence-electron chi connectivity index (χ3n) is 6.52. The number of amides is 2. The lowest BCUT2D eigenvalue weighted by Gasteiger charge is -2.40. The zero-order chi connectivity index (χ0) is 19.1. The van der Waals surface area contributed by atoms with Gasteiger partial charge in [-0.1, -0.05) is 0 Å². The third-order valence-corrected chi connectivity index (χ3v) is 6.52. The van der Waals surface area contributed by atoms with Gasteiger partial charge in [-0.15, -0.1) is 0 Å². The van der Waals surface area contributed by atoms with Gasteiger partial charge in [-0.3, -0.25) is 14.5 Å². The highest BCUT2D eigenvalue weighted by Crippen LogP contribution is 2.14. The van der Waals surface area contributed by atoms with E-state index in [0.29, 0.717) is 30.7 Å². The number of likely N-dealkylation sites (tertiary alicyclic amines) is 2. The first kappa shape index (κ1) is 20.6. The van der Waals surface area contributed by atoms with Crippen molar-refractivity contribution in [3.63, 3.8) is 0 Å². The van der Waals surface area contributed by atoms with Crippen LogP contribution in [0, 0.1) is 0 Å². The topological polar surface area (TPSA) is 47.1 Å². The highest BCUT2D eigenvalue weighted by atomic mass is 16.2. The van der Waals surface area contributed by atoms with Crippen LogP contribution in [0.25, 0.3) is 0 Å². The molecule has 0 spiro atoms. The average Bonchev–Trinajstić information content (AvgIpc) is 2.72. The van der Waals surface area contributed by atoms with Crippen LogP contribution in [-0.4, -0.2) is 96.4 Å². The molecular formula is C21H38N4O2. The average molecular weight is 379 g/mol. The van der Waals surface area contributed by atoms with Crippen LogP contribution in [0.1, 0.15) is 58.3 Å². The number of hydrogen-bond acceptors (Lipinski definition) is 4. The van der Waals surface area contributed by atoms with Crippen molar-refractivity contribution in [3.8, 4) is 0 Å². The molecule has 3 aliphatic rings.